The van der Waals surface area contributed by atoms with Crippen LogP contribution in [0.25, 0.3) is 10.9 Å². The summed E-state index contributed by atoms with van der Waals surface area (Å²) in [4.78, 5) is 18.4. The van der Waals surface area contributed by atoms with Gasteiger partial charge in [0, 0.05) is 50.0 Å². The summed E-state index contributed by atoms with van der Waals surface area (Å²) in [5.74, 6) is 0. The van der Waals surface area contributed by atoms with Gasteiger partial charge in [0.2, 0.25) is 0 Å². The molecule has 0 radical (unpaired) electrons. The summed E-state index contributed by atoms with van der Waals surface area (Å²) >= 11 is 0. The average molecular weight is 365 g/mol. The topological polar surface area (TPSA) is 72.3 Å². The van der Waals surface area contributed by atoms with Crippen molar-refractivity contribution in [2.45, 2.75) is 12.5 Å². The van der Waals surface area contributed by atoms with Crippen molar-refractivity contribution < 1.29 is 4.74 Å². The maximum Gasteiger partial charge on any atom is 0.268 e. The molecule has 0 unspecified atom stereocenters. The van der Waals surface area contributed by atoms with Crippen LogP contribution in [-0.2, 0) is 11.8 Å². The maximum atomic E-state index is 11.8. The van der Waals surface area contributed by atoms with Crippen molar-refractivity contribution in [1.82, 2.24) is 14.8 Å². The Hall–Kier alpha value is -2.93. The van der Waals surface area contributed by atoms with Gasteiger partial charge in [-0.2, -0.15) is 5.10 Å². The molecule has 4 rings (SSSR count). The fourth-order valence-electron chi connectivity index (χ4n) is 3.38. The molecule has 7 nitrogen and oxygen atoms in total. The van der Waals surface area contributed by atoms with Crippen LogP contribution >= 0.6 is 0 Å². The van der Waals surface area contributed by atoms with Gasteiger partial charge in [0.25, 0.3) is 5.56 Å². The number of fused-ring (bicyclic) bond motifs is 1. The van der Waals surface area contributed by atoms with Gasteiger partial charge in [0.15, 0.2) is 0 Å². The highest BCUT2D eigenvalue weighted by atomic mass is 16.5. The predicted octanol–water partition coefficient (Wildman–Crippen LogP) is 2.04. The van der Waals surface area contributed by atoms with Crippen molar-refractivity contribution in [3.05, 3.63) is 59.1 Å². The zero-order valence-corrected chi connectivity index (χ0v) is 15.3. The van der Waals surface area contributed by atoms with Gasteiger partial charge >= 0.3 is 0 Å². The smallest absolute Gasteiger partial charge is 0.268 e. The van der Waals surface area contributed by atoms with Crippen LogP contribution in [0, 0.1) is 0 Å². The summed E-state index contributed by atoms with van der Waals surface area (Å²) in [5.41, 5.74) is 2.84. The number of nitrogens with one attached hydrogen (secondary N) is 1. The molecule has 0 saturated carbocycles. The lowest BCUT2D eigenvalue weighted by atomic mass is 10.1. The zero-order chi connectivity index (χ0) is 18.6. The normalized spacial score (nSPS) is 17.2. The summed E-state index contributed by atoms with van der Waals surface area (Å²) < 4.78 is 7.25. The quantitative estimate of drug-likeness (QED) is 0.746. The van der Waals surface area contributed by atoms with Crippen LogP contribution in [0.5, 0.6) is 0 Å². The molecule has 7 heteroatoms. The Kier molecular flexibility index (Phi) is 5.02. The Labute approximate surface area is 157 Å². The van der Waals surface area contributed by atoms with Crippen LogP contribution in [0.4, 0.5) is 11.4 Å². The number of ether oxygens (including phenoxy) is 1. The zero-order valence-electron chi connectivity index (χ0n) is 15.3. The van der Waals surface area contributed by atoms with Gasteiger partial charge in [0.05, 0.1) is 30.1 Å². The third kappa shape index (κ3) is 3.93. The van der Waals surface area contributed by atoms with Crippen molar-refractivity contribution in [2.75, 3.05) is 36.5 Å². The van der Waals surface area contributed by atoms with E-state index in [1.54, 1.807) is 19.3 Å². The average Bonchev–Trinajstić information content (AvgIpc) is 2.70. The number of hydrogen-bond donors (Lipinski definition) is 1. The van der Waals surface area contributed by atoms with Crippen LogP contribution in [0.3, 0.4) is 0 Å². The summed E-state index contributed by atoms with van der Waals surface area (Å²) in [5, 5.41) is 8.74. The molecule has 27 heavy (non-hydrogen) atoms. The van der Waals surface area contributed by atoms with E-state index in [1.165, 1.54) is 4.68 Å². The third-order valence-corrected chi connectivity index (χ3v) is 4.89. The summed E-state index contributed by atoms with van der Waals surface area (Å²) in [7, 11) is 1.66. The first-order valence-corrected chi connectivity index (χ1v) is 9.18. The lowest BCUT2D eigenvalue weighted by Crippen LogP contribution is -2.43. The molecule has 1 aromatic carbocycles. The van der Waals surface area contributed by atoms with Gasteiger partial charge in [0.1, 0.15) is 0 Å². The molecule has 1 fully saturated rings. The molecular weight excluding hydrogens is 342 g/mol. The van der Waals surface area contributed by atoms with E-state index in [1.807, 2.05) is 30.5 Å². The van der Waals surface area contributed by atoms with E-state index >= 15 is 0 Å². The first-order chi connectivity index (χ1) is 13.2. The Bertz CT molecular complexity index is 982. The monoisotopic (exact) mass is 365 g/mol. The Morgan fingerprint density at radius 2 is 2.19 bits per heavy atom. The van der Waals surface area contributed by atoms with E-state index in [0.717, 1.165) is 48.3 Å². The number of aryl methyl sites for hydroxylation is 1. The Morgan fingerprint density at radius 3 is 3.07 bits per heavy atom. The fourth-order valence-corrected chi connectivity index (χ4v) is 3.38. The minimum absolute atomic E-state index is 0.0956. The molecule has 0 spiro atoms. The highest BCUT2D eigenvalue weighted by Gasteiger charge is 2.21. The molecule has 1 atom stereocenters. The van der Waals surface area contributed by atoms with Crippen molar-refractivity contribution in [2.24, 2.45) is 7.05 Å². The lowest BCUT2D eigenvalue weighted by Gasteiger charge is -2.34. The largest absolute Gasteiger partial charge is 0.384 e. The van der Waals surface area contributed by atoms with Gasteiger partial charge in [-0.1, -0.05) is 18.2 Å². The number of aromatic nitrogens is 3. The minimum Gasteiger partial charge on any atom is -0.384 e. The van der Waals surface area contributed by atoms with E-state index in [-0.39, 0.29) is 11.7 Å². The minimum atomic E-state index is -0.0956. The van der Waals surface area contributed by atoms with Crippen LogP contribution in [0.15, 0.2) is 53.6 Å². The lowest BCUT2D eigenvalue weighted by molar-refractivity contribution is 0.0375. The fraction of sp³-hybridized carbons (Fsp3) is 0.350. The summed E-state index contributed by atoms with van der Waals surface area (Å²) in [6.45, 7) is 2.99. The second-order valence-corrected chi connectivity index (χ2v) is 6.71. The molecule has 1 aliphatic rings. The molecule has 1 aliphatic heterocycles. The SMILES string of the molecule is Cn1ncc(N2CCO[C@H](CCNc3ccnc4ccccc34)C2)cc1=O. The van der Waals surface area contributed by atoms with Gasteiger partial charge in [-0.25, -0.2) is 4.68 Å². The Balaban J connectivity index is 1.37. The van der Waals surface area contributed by atoms with Gasteiger partial charge in [-0.05, 0) is 18.6 Å². The number of morpholine rings is 1. The number of pyridine rings is 1. The van der Waals surface area contributed by atoms with Crippen LogP contribution in [0.2, 0.25) is 0 Å². The number of rotatable bonds is 5. The van der Waals surface area contributed by atoms with Crippen molar-refractivity contribution in [3.8, 4) is 0 Å². The molecule has 1 saturated heterocycles. The van der Waals surface area contributed by atoms with Crippen molar-refractivity contribution >= 4 is 22.3 Å². The highest BCUT2D eigenvalue weighted by molar-refractivity contribution is 5.90. The van der Waals surface area contributed by atoms with Crippen LogP contribution < -0.4 is 15.8 Å². The summed E-state index contributed by atoms with van der Waals surface area (Å²) in [6.07, 6.45) is 4.56. The van der Waals surface area contributed by atoms with Gasteiger partial charge < -0.3 is 15.0 Å². The highest BCUT2D eigenvalue weighted by Crippen LogP contribution is 2.21. The maximum absolute atomic E-state index is 11.8. The Morgan fingerprint density at radius 1 is 1.30 bits per heavy atom. The molecule has 1 N–H and O–H groups in total. The van der Waals surface area contributed by atoms with Crippen LogP contribution in [0.1, 0.15) is 6.42 Å². The number of hydrogen-bond acceptors (Lipinski definition) is 6. The predicted molar refractivity (Wildman–Crippen MR) is 106 cm³/mol. The molecule has 0 amide bonds. The number of nitrogens with zero attached hydrogens (tertiary/aromatic N) is 4. The van der Waals surface area contributed by atoms with E-state index in [4.69, 9.17) is 4.74 Å². The first kappa shape index (κ1) is 17.5. The van der Waals surface area contributed by atoms with E-state index in [0.29, 0.717) is 6.61 Å². The van der Waals surface area contributed by atoms with Crippen LogP contribution in [-0.4, -0.2) is 47.1 Å². The number of para-hydroxylation sites is 1. The number of benzene rings is 1. The first-order valence-electron chi connectivity index (χ1n) is 9.18. The summed E-state index contributed by atoms with van der Waals surface area (Å²) in [6, 6.07) is 11.7. The molecule has 3 aromatic rings. The third-order valence-electron chi connectivity index (χ3n) is 4.89. The van der Waals surface area contributed by atoms with Gasteiger partial charge in [-0.15, -0.1) is 0 Å². The number of anilines is 2. The molecular formula is C20H23N5O2. The van der Waals surface area contributed by atoms with E-state index in [9.17, 15) is 4.79 Å². The second kappa shape index (κ2) is 7.75. The molecule has 0 aliphatic carbocycles. The molecule has 3 heterocycles. The standard InChI is InChI=1S/C20H23N5O2/c1-24-20(26)12-15(13-23-24)25-10-11-27-16(14-25)6-8-21-19-7-9-22-18-5-3-2-4-17(18)19/h2-5,7,9,12-13,16H,6,8,10-11,14H2,1H3,(H,21,22)/t16-/m1/s1. The molecule has 2 aromatic heterocycles. The second-order valence-electron chi connectivity index (χ2n) is 6.71. The van der Waals surface area contributed by atoms with E-state index in [2.05, 4.69) is 26.4 Å². The van der Waals surface area contributed by atoms with E-state index < -0.39 is 0 Å². The van der Waals surface area contributed by atoms with Crippen molar-refractivity contribution in [1.29, 1.82) is 0 Å². The molecule has 0 bridgehead atoms. The van der Waals surface area contributed by atoms with Crippen molar-refractivity contribution in [3.63, 3.8) is 0 Å². The van der Waals surface area contributed by atoms with Gasteiger partial charge in [-0.3, -0.25) is 9.78 Å². The molecule has 140 valence electrons.